The molecule has 4 aliphatic carbocycles. The quantitative estimate of drug-likeness (QED) is 0.146. The third kappa shape index (κ3) is 9.68. The summed E-state index contributed by atoms with van der Waals surface area (Å²) in [6.45, 7) is 9.53. The van der Waals surface area contributed by atoms with Crippen molar-refractivity contribution in [3.05, 3.63) is 89.0 Å². The van der Waals surface area contributed by atoms with Gasteiger partial charge in [-0.2, -0.15) is 21.4 Å². The van der Waals surface area contributed by atoms with E-state index in [1.165, 1.54) is 30.8 Å². The molecule has 0 aromatic heterocycles. The number of amides is 3. The SMILES string of the molecule is CSC(C)C(=O)NCCC(=O)N[C@@H](C)C(=O)C[C@@H](C)C(=O)Nc1ccc([C@H](C)c2ccc([C@@H]3O[C@@H]4C[C@H]5[C@@H]6C[C@H](F)C7=CC(=O)C=C[C@]7(C)[C@@]6(F)[C@@H](O)C[C@]5(C)[C@]4(C(=O)CO)O3)cc2)cc1.O=C=O. The summed E-state index contributed by atoms with van der Waals surface area (Å²) in [6.07, 6.45) is 0.124. The molecule has 3 amide bonds. The molecule has 1 saturated heterocycles. The molecule has 372 valence electrons. The van der Waals surface area contributed by atoms with E-state index < -0.39 is 88.7 Å². The number of nitrogens with one attached hydrogen (secondary N) is 3. The molecule has 1 unspecified atom stereocenters. The lowest BCUT2D eigenvalue weighted by molar-refractivity contribution is -0.235. The number of anilines is 1. The van der Waals surface area contributed by atoms with Crippen LogP contribution >= 0.6 is 11.8 Å². The van der Waals surface area contributed by atoms with Crippen LogP contribution in [0.15, 0.2) is 72.3 Å². The van der Waals surface area contributed by atoms with Crippen LogP contribution in [0.2, 0.25) is 0 Å². The van der Waals surface area contributed by atoms with Gasteiger partial charge in [-0.15, -0.1) is 0 Å². The number of hydrogen-bond acceptors (Lipinski definition) is 13. The summed E-state index contributed by atoms with van der Waals surface area (Å²) in [5.41, 5.74) is -3.87. The lowest BCUT2D eigenvalue weighted by Crippen LogP contribution is -2.70. The zero-order valence-electron chi connectivity index (χ0n) is 39.7. The summed E-state index contributed by atoms with van der Waals surface area (Å²) < 4.78 is 46.9. The number of rotatable bonds is 16. The number of Topliss-reactive ketones (excluding diaryl/α,β-unsaturated/α-hetero) is 2. The van der Waals surface area contributed by atoms with Gasteiger partial charge in [0.05, 0.1) is 23.5 Å². The lowest BCUT2D eigenvalue weighted by atomic mass is 9.44. The number of carbonyl (C=O) groups excluding carboxylic acids is 8. The van der Waals surface area contributed by atoms with E-state index in [1.807, 2.05) is 49.6 Å². The molecule has 69 heavy (non-hydrogen) atoms. The third-order valence-electron chi connectivity index (χ3n) is 15.5. The molecule has 0 bridgehead atoms. The second-order valence-electron chi connectivity index (χ2n) is 19.3. The fourth-order valence-corrected chi connectivity index (χ4v) is 11.8. The number of alkyl halides is 2. The zero-order valence-corrected chi connectivity index (χ0v) is 40.5. The zero-order chi connectivity index (χ0) is 50.8. The fraction of sp³-hybridized carbons (Fsp3) is 0.549. The molecule has 0 spiro atoms. The minimum atomic E-state index is -2.34. The second-order valence-corrected chi connectivity index (χ2v) is 20.5. The molecule has 4 fully saturated rings. The summed E-state index contributed by atoms with van der Waals surface area (Å²) in [6, 6.07) is 14.0. The highest BCUT2D eigenvalue weighted by atomic mass is 32.2. The number of ketones is 3. The Morgan fingerprint density at radius 2 is 1.57 bits per heavy atom. The summed E-state index contributed by atoms with van der Waals surface area (Å²) >= 11 is 1.40. The molecule has 0 radical (unpaired) electrons. The van der Waals surface area contributed by atoms with Crippen molar-refractivity contribution < 1.29 is 66.8 Å². The van der Waals surface area contributed by atoms with Crippen LogP contribution in [0.25, 0.3) is 0 Å². The first kappa shape index (κ1) is 53.1. The van der Waals surface area contributed by atoms with Crippen LogP contribution in [-0.4, -0.2) is 112 Å². The molecule has 18 heteroatoms. The van der Waals surface area contributed by atoms with Crippen LogP contribution in [0.4, 0.5) is 14.5 Å². The number of allylic oxidation sites excluding steroid dienone is 4. The molecule has 3 saturated carbocycles. The van der Waals surface area contributed by atoms with Crippen molar-refractivity contribution in [3.8, 4) is 0 Å². The van der Waals surface area contributed by atoms with Gasteiger partial charge in [-0.05, 0) is 93.2 Å². The maximum Gasteiger partial charge on any atom is 0.373 e. The molecule has 2 aromatic rings. The Morgan fingerprint density at radius 1 is 0.942 bits per heavy atom. The van der Waals surface area contributed by atoms with Gasteiger partial charge in [0.1, 0.15) is 12.8 Å². The van der Waals surface area contributed by atoms with Crippen LogP contribution in [0.5, 0.6) is 0 Å². The Hall–Kier alpha value is -5.23. The second kappa shape index (κ2) is 21.0. The van der Waals surface area contributed by atoms with Gasteiger partial charge >= 0.3 is 6.15 Å². The van der Waals surface area contributed by atoms with E-state index in [0.29, 0.717) is 11.3 Å². The van der Waals surface area contributed by atoms with Crippen molar-refractivity contribution in [2.45, 2.75) is 127 Å². The van der Waals surface area contributed by atoms with E-state index in [9.17, 15) is 39.0 Å². The molecule has 5 N–H and O–H groups in total. The first-order valence-corrected chi connectivity index (χ1v) is 24.4. The number of thioether (sulfide) groups is 1. The van der Waals surface area contributed by atoms with Crippen LogP contribution < -0.4 is 16.0 Å². The number of aliphatic hydroxyl groups excluding tert-OH is 2. The molecular formula is C51H61F2N3O12S. The molecule has 2 aromatic carbocycles. The Balaban J connectivity index is 0.00000254. The Labute approximate surface area is 404 Å². The van der Waals surface area contributed by atoms with Crippen molar-refractivity contribution in [3.63, 3.8) is 0 Å². The van der Waals surface area contributed by atoms with Gasteiger partial charge in [0.15, 0.2) is 34.9 Å². The van der Waals surface area contributed by atoms with Crippen LogP contribution in [0.1, 0.15) is 103 Å². The van der Waals surface area contributed by atoms with E-state index in [4.69, 9.17) is 19.1 Å². The standard InChI is InChI=1S/C50H61F2N3O10S.CO2/c1-26(20-39(58)28(3)54-43(61)17-19-53-45(63)29(4)66-7)44(62)55-33-14-12-31(13-15-33)27(2)30-8-10-32(11-9-30)46-64-42-23-35-36-22-38(51)37-21-34(57)16-18-47(37,5)49(36,52)40(59)24-48(35,6)50(42,65-46)41(60)25-56;2-1-3/h8-16,18,21,26-29,35-36,38,40,42,46,56,59H,17,19-20,22-25H2,1-7H3,(H,53,63)(H,54,61)(H,55,62);/t26-,27-,28+,29?,35+,36+,38+,40+,42-,46-,47+,48+,49+,50-;/m1./s1. The van der Waals surface area contributed by atoms with Crippen molar-refractivity contribution in [1.29, 1.82) is 0 Å². The summed E-state index contributed by atoms with van der Waals surface area (Å²) in [4.78, 5) is 92.6. The van der Waals surface area contributed by atoms with Gasteiger partial charge < -0.3 is 35.6 Å². The third-order valence-corrected chi connectivity index (χ3v) is 16.4. The predicted molar refractivity (Wildman–Crippen MR) is 249 cm³/mol. The molecule has 5 aliphatic rings. The fourth-order valence-electron chi connectivity index (χ4n) is 11.5. The van der Waals surface area contributed by atoms with Crippen molar-refractivity contribution in [1.82, 2.24) is 10.6 Å². The average Bonchev–Trinajstić information content (AvgIpc) is 3.83. The predicted octanol–water partition coefficient (Wildman–Crippen LogP) is 5.19. The van der Waals surface area contributed by atoms with E-state index in [-0.39, 0.29) is 85.0 Å². The van der Waals surface area contributed by atoms with Gasteiger partial charge in [-0.3, -0.25) is 28.8 Å². The normalized spacial score (nSPS) is 32.4. The topological polar surface area (TPSA) is 232 Å². The van der Waals surface area contributed by atoms with Crippen LogP contribution in [0.3, 0.4) is 0 Å². The molecular weight excluding hydrogens is 917 g/mol. The van der Waals surface area contributed by atoms with Gasteiger partial charge in [-0.1, -0.05) is 63.2 Å². The number of halogens is 2. The van der Waals surface area contributed by atoms with Gasteiger partial charge in [0.2, 0.25) is 17.7 Å². The summed E-state index contributed by atoms with van der Waals surface area (Å²) in [5.74, 6) is -4.75. The van der Waals surface area contributed by atoms with Gasteiger partial charge in [0, 0.05) is 59.2 Å². The number of carbonyl (C=O) groups is 6. The smallest absolute Gasteiger partial charge is 0.373 e. The maximum absolute atomic E-state index is 17.8. The molecule has 14 atom stereocenters. The van der Waals surface area contributed by atoms with E-state index in [2.05, 4.69) is 16.0 Å². The Bertz CT molecular complexity index is 2410. The van der Waals surface area contributed by atoms with Crippen LogP contribution in [-0.2, 0) is 47.8 Å². The highest BCUT2D eigenvalue weighted by Gasteiger charge is 2.80. The minimum Gasteiger partial charge on any atom is -0.390 e. The summed E-state index contributed by atoms with van der Waals surface area (Å²) in [7, 11) is 0. The highest BCUT2D eigenvalue weighted by Crippen LogP contribution is 2.72. The number of aliphatic hydroxyl groups is 2. The molecule has 7 rings (SSSR count). The Morgan fingerprint density at radius 3 is 2.17 bits per heavy atom. The number of hydrogen-bond donors (Lipinski definition) is 5. The lowest BCUT2D eigenvalue weighted by Gasteiger charge is -2.63. The van der Waals surface area contributed by atoms with Crippen LogP contribution in [0, 0.1) is 28.6 Å². The number of fused-ring (bicyclic) bond motifs is 7. The first-order chi connectivity index (χ1) is 32.6. The number of benzene rings is 2. The van der Waals surface area contributed by atoms with Gasteiger partial charge in [-0.25, -0.2) is 8.78 Å². The first-order valence-electron chi connectivity index (χ1n) is 23.1. The van der Waals surface area contributed by atoms with E-state index >= 15 is 8.78 Å². The average molecular weight is 978 g/mol. The maximum atomic E-state index is 17.8. The van der Waals surface area contributed by atoms with E-state index in [1.54, 1.807) is 39.8 Å². The largest absolute Gasteiger partial charge is 0.390 e. The monoisotopic (exact) mass is 977 g/mol. The Kier molecular flexibility index (Phi) is 16.2. The molecule has 1 aliphatic heterocycles. The van der Waals surface area contributed by atoms with E-state index in [0.717, 1.165) is 17.2 Å². The van der Waals surface area contributed by atoms with Crippen molar-refractivity contribution in [2.24, 2.45) is 28.6 Å². The van der Waals surface area contributed by atoms with Crippen molar-refractivity contribution in [2.75, 3.05) is 24.7 Å². The molecule has 1 heterocycles. The number of ether oxygens (including phenoxy) is 2. The summed E-state index contributed by atoms with van der Waals surface area (Å²) in [5, 5.41) is 30.1. The van der Waals surface area contributed by atoms with Crippen molar-refractivity contribution >= 4 is 58.7 Å². The minimum absolute atomic E-state index is 0.00738. The highest BCUT2D eigenvalue weighted by molar-refractivity contribution is 7.99. The molecule has 15 nitrogen and oxygen atoms in total. The van der Waals surface area contributed by atoms with Gasteiger partial charge in [0.25, 0.3) is 0 Å².